The van der Waals surface area contributed by atoms with E-state index in [1.165, 1.54) is 17.6 Å². The molecular weight excluding hydrogens is 268 g/mol. The van der Waals surface area contributed by atoms with Crippen molar-refractivity contribution < 1.29 is 19.1 Å². The second-order valence-corrected chi connectivity index (χ2v) is 4.73. The number of rotatable bonds is 6. The first-order valence-corrected chi connectivity index (χ1v) is 6.70. The Labute approximate surface area is 115 Å². The van der Waals surface area contributed by atoms with E-state index in [1.807, 2.05) is 6.92 Å². The summed E-state index contributed by atoms with van der Waals surface area (Å²) in [4.78, 5) is 32.3. The minimum atomic E-state index is -1.15. The monoisotopic (exact) mass is 284 g/mol. The summed E-state index contributed by atoms with van der Waals surface area (Å²) in [5.74, 6) is -2.49. The zero-order chi connectivity index (χ0) is 14.3. The minimum absolute atomic E-state index is 0.193. The van der Waals surface area contributed by atoms with Gasteiger partial charge in [-0.15, -0.1) is 11.3 Å². The highest BCUT2D eigenvalue weighted by atomic mass is 32.1. The van der Waals surface area contributed by atoms with Crippen molar-refractivity contribution in [2.45, 2.75) is 20.8 Å². The highest BCUT2D eigenvalue weighted by Crippen LogP contribution is 2.19. The normalized spacial score (nSPS) is 10.9. The lowest BCUT2D eigenvalue weighted by Crippen LogP contribution is -2.29. The molecule has 7 heteroatoms. The number of aliphatic imine (C=N–C) groups is 1. The van der Waals surface area contributed by atoms with Crippen molar-refractivity contribution in [1.82, 2.24) is 4.98 Å². The van der Waals surface area contributed by atoms with Gasteiger partial charge in [0.05, 0.1) is 13.2 Å². The van der Waals surface area contributed by atoms with Gasteiger partial charge >= 0.3 is 11.9 Å². The van der Waals surface area contributed by atoms with Gasteiger partial charge in [-0.05, 0) is 20.8 Å². The van der Waals surface area contributed by atoms with Crippen LogP contribution in [0.2, 0.25) is 0 Å². The summed E-state index contributed by atoms with van der Waals surface area (Å²) in [6.45, 7) is 5.62. The lowest BCUT2D eigenvalue weighted by atomic mass is 10.2. The lowest BCUT2D eigenvalue weighted by molar-refractivity contribution is -0.157. The number of esters is 2. The third-order valence-corrected chi connectivity index (χ3v) is 2.84. The molecule has 1 aromatic rings. The first-order valence-electron chi connectivity index (χ1n) is 5.88. The topological polar surface area (TPSA) is 77.9 Å². The number of thiazole rings is 1. The van der Waals surface area contributed by atoms with Gasteiger partial charge in [-0.3, -0.25) is 9.59 Å². The molecule has 0 aromatic carbocycles. The molecule has 0 aliphatic carbocycles. The Kier molecular flexibility index (Phi) is 6.14. The van der Waals surface area contributed by atoms with E-state index in [0.29, 0.717) is 5.13 Å². The summed E-state index contributed by atoms with van der Waals surface area (Å²) in [6.07, 6.45) is 2.88. The number of carbonyl (C=O) groups excluding carboxylic acids is 2. The van der Waals surface area contributed by atoms with Crippen LogP contribution in [0.3, 0.4) is 0 Å². The van der Waals surface area contributed by atoms with Gasteiger partial charge in [0, 0.05) is 17.3 Å². The van der Waals surface area contributed by atoms with Crippen molar-refractivity contribution in [3.63, 3.8) is 0 Å². The van der Waals surface area contributed by atoms with Gasteiger partial charge in [-0.25, -0.2) is 9.98 Å². The van der Waals surface area contributed by atoms with E-state index < -0.39 is 17.9 Å². The van der Waals surface area contributed by atoms with Gasteiger partial charge in [0.2, 0.25) is 5.13 Å². The Morgan fingerprint density at radius 3 is 2.37 bits per heavy atom. The van der Waals surface area contributed by atoms with Crippen LogP contribution in [0.1, 0.15) is 18.7 Å². The molecule has 0 radical (unpaired) electrons. The zero-order valence-electron chi connectivity index (χ0n) is 11.1. The van der Waals surface area contributed by atoms with Crippen LogP contribution in [-0.4, -0.2) is 36.4 Å². The quantitative estimate of drug-likeness (QED) is 0.453. The number of nitrogens with zero attached hydrogens (tertiary/aromatic N) is 2. The van der Waals surface area contributed by atoms with Gasteiger partial charge in [0.1, 0.15) is 0 Å². The van der Waals surface area contributed by atoms with Crippen LogP contribution in [0.5, 0.6) is 0 Å². The van der Waals surface area contributed by atoms with Gasteiger partial charge in [-0.2, -0.15) is 0 Å². The van der Waals surface area contributed by atoms with E-state index in [1.54, 1.807) is 20.0 Å². The van der Waals surface area contributed by atoms with Crippen LogP contribution in [-0.2, 0) is 19.1 Å². The van der Waals surface area contributed by atoms with Gasteiger partial charge in [0.25, 0.3) is 0 Å². The third-order valence-electron chi connectivity index (χ3n) is 2.02. The molecule has 0 unspecified atom stereocenters. The SMILES string of the molecule is CCOC(=O)C(C=Nc1ncc(C)s1)C(=O)OCC. The molecular formula is C12H16N2O4S. The van der Waals surface area contributed by atoms with Crippen LogP contribution in [0.15, 0.2) is 11.2 Å². The van der Waals surface area contributed by atoms with E-state index >= 15 is 0 Å². The zero-order valence-corrected chi connectivity index (χ0v) is 11.9. The van der Waals surface area contributed by atoms with E-state index in [4.69, 9.17) is 9.47 Å². The van der Waals surface area contributed by atoms with E-state index in [-0.39, 0.29) is 13.2 Å². The maximum absolute atomic E-state index is 11.7. The Morgan fingerprint density at radius 2 is 1.95 bits per heavy atom. The molecule has 0 saturated heterocycles. The Bertz CT molecular complexity index is 452. The molecule has 0 bridgehead atoms. The molecule has 104 valence electrons. The maximum Gasteiger partial charge on any atom is 0.325 e. The molecule has 1 aromatic heterocycles. The first-order chi connectivity index (χ1) is 9.08. The fraction of sp³-hybridized carbons (Fsp3) is 0.500. The van der Waals surface area contributed by atoms with E-state index in [0.717, 1.165) is 4.88 Å². The fourth-order valence-corrected chi connectivity index (χ4v) is 1.84. The number of hydrogen-bond acceptors (Lipinski definition) is 7. The van der Waals surface area contributed by atoms with Crippen molar-refractivity contribution in [1.29, 1.82) is 0 Å². The summed E-state index contributed by atoms with van der Waals surface area (Å²) in [7, 11) is 0. The average Bonchev–Trinajstić information content (AvgIpc) is 2.76. The molecule has 0 spiro atoms. The van der Waals surface area contributed by atoms with Gasteiger partial charge < -0.3 is 9.47 Å². The predicted octanol–water partition coefficient (Wildman–Crippen LogP) is 1.90. The van der Waals surface area contributed by atoms with Crippen molar-refractivity contribution in [2.75, 3.05) is 13.2 Å². The van der Waals surface area contributed by atoms with Crippen LogP contribution in [0.25, 0.3) is 0 Å². The van der Waals surface area contributed by atoms with Crippen LogP contribution in [0.4, 0.5) is 5.13 Å². The summed E-state index contributed by atoms with van der Waals surface area (Å²) in [5, 5.41) is 0.482. The smallest absolute Gasteiger partial charge is 0.325 e. The number of ether oxygens (including phenoxy) is 2. The second-order valence-electron chi connectivity index (χ2n) is 3.51. The Balaban J connectivity index is 2.81. The molecule has 0 saturated carbocycles. The summed E-state index contributed by atoms with van der Waals surface area (Å²) in [5.41, 5.74) is 0. The first kappa shape index (κ1) is 15.3. The maximum atomic E-state index is 11.7. The van der Waals surface area contributed by atoms with Crippen LogP contribution >= 0.6 is 11.3 Å². The largest absolute Gasteiger partial charge is 0.465 e. The van der Waals surface area contributed by atoms with E-state index in [9.17, 15) is 9.59 Å². The Hall–Kier alpha value is -1.76. The second kappa shape index (κ2) is 7.63. The fourth-order valence-electron chi connectivity index (χ4n) is 1.22. The highest BCUT2D eigenvalue weighted by molar-refractivity contribution is 7.15. The van der Waals surface area contributed by atoms with Crippen molar-refractivity contribution in [3.8, 4) is 0 Å². The standard InChI is InChI=1S/C12H16N2O4S/c1-4-17-10(15)9(11(16)18-5-2)7-14-12-13-6-8(3)19-12/h6-7,9H,4-5H2,1-3H3. The summed E-state index contributed by atoms with van der Waals surface area (Å²) >= 11 is 1.37. The molecule has 1 rings (SSSR count). The lowest BCUT2D eigenvalue weighted by Gasteiger charge is -2.09. The number of aromatic nitrogens is 1. The summed E-state index contributed by atoms with van der Waals surface area (Å²) in [6, 6.07) is 0. The van der Waals surface area contributed by atoms with Crippen LogP contribution in [0, 0.1) is 12.8 Å². The molecule has 1 heterocycles. The molecule has 0 aliphatic heterocycles. The summed E-state index contributed by atoms with van der Waals surface area (Å²) < 4.78 is 9.63. The van der Waals surface area contributed by atoms with Crippen LogP contribution < -0.4 is 0 Å². The number of hydrogen-bond donors (Lipinski definition) is 0. The minimum Gasteiger partial charge on any atom is -0.465 e. The average molecular weight is 284 g/mol. The Morgan fingerprint density at radius 1 is 1.37 bits per heavy atom. The third kappa shape index (κ3) is 4.78. The van der Waals surface area contributed by atoms with Crippen molar-refractivity contribution in [2.24, 2.45) is 10.9 Å². The molecule has 0 fully saturated rings. The van der Waals surface area contributed by atoms with Crippen molar-refractivity contribution >= 4 is 34.6 Å². The highest BCUT2D eigenvalue weighted by Gasteiger charge is 2.27. The van der Waals surface area contributed by atoms with E-state index in [2.05, 4.69) is 9.98 Å². The number of carbonyl (C=O) groups is 2. The molecule has 0 N–H and O–H groups in total. The predicted molar refractivity (Wildman–Crippen MR) is 71.8 cm³/mol. The van der Waals surface area contributed by atoms with Crippen molar-refractivity contribution in [3.05, 3.63) is 11.1 Å². The molecule has 0 amide bonds. The molecule has 0 aliphatic rings. The van der Waals surface area contributed by atoms with Gasteiger partial charge in [-0.1, -0.05) is 0 Å². The van der Waals surface area contributed by atoms with Gasteiger partial charge in [0.15, 0.2) is 5.92 Å². The molecule has 6 nitrogen and oxygen atoms in total. The number of aryl methyl sites for hydroxylation is 1. The molecule has 0 atom stereocenters. The molecule has 19 heavy (non-hydrogen) atoms.